The Morgan fingerprint density at radius 3 is 2.67 bits per heavy atom. The van der Waals surface area contributed by atoms with E-state index in [-0.39, 0.29) is 10.6 Å². The SMILES string of the molecule is CN(C)C=Cc1cccc(Br)c1[N+](=O)[O-]. The second kappa shape index (κ2) is 4.93. The highest BCUT2D eigenvalue weighted by Crippen LogP contribution is 2.29. The molecule has 0 unspecified atom stereocenters. The number of hydrogen-bond donors (Lipinski definition) is 0. The fourth-order valence-electron chi connectivity index (χ4n) is 1.09. The lowest BCUT2D eigenvalue weighted by molar-refractivity contribution is -0.385. The van der Waals surface area contributed by atoms with Crippen LogP contribution in [0.15, 0.2) is 28.9 Å². The molecule has 1 aromatic carbocycles. The summed E-state index contributed by atoms with van der Waals surface area (Å²) in [6.07, 6.45) is 3.48. The molecule has 0 N–H and O–H groups in total. The van der Waals surface area contributed by atoms with Gasteiger partial charge in [0.2, 0.25) is 0 Å². The molecule has 0 radical (unpaired) electrons. The van der Waals surface area contributed by atoms with E-state index < -0.39 is 0 Å². The standard InChI is InChI=1S/C10H11BrN2O2/c1-12(2)7-6-8-4-3-5-9(11)10(8)13(14)15/h3-7H,1-2H3. The minimum atomic E-state index is -0.389. The van der Waals surface area contributed by atoms with E-state index in [1.165, 1.54) is 0 Å². The highest BCUT2D eigenvalue weighted by molar-refractivity contribution is 9.10. The van der Waals surface area contributed by atoms with Crippen molar-refractivity contribution in [1.29, 1.82) is 0 Å². The third-order valence-corrected chi connectivity index (χ3v) is 2.39. The van der Waals surface area contributed by atoms with Gasteiger partial charge < -0.3 is 4.90 Å². The van der Waals surface area contributed by atoms with Crippen molar-refractivity contribution in [3.05, 3.63) is 44.5 Å². The number of nitro groups is 1. The number of halogens is 1. The van der Waals surface area contributed by atoms with Crippen LogP contribution in [0, 0.1) is 10.1 Å². The number of nitro benzene ring substituents is 1. The zero-order chi connectivity index (χ0) is 11.4. The minimum absolute atomic E-state index is 0.0931. The van der Waals surface area contributed by atoms with Gasteiger partial charge in [0, 0.05) is 14.1 Å². The van der Waals surface area contributed by atoms with Crippen LogP contribution in [0.4, 0.5) is 5.69 Å². The summed E-state index contributed by atoms with van der Waals surface area (Å²) in [6.45, 7) is 0. The summed E-state index contributed by atoms with van der Waals surface area (Å²) < 4.78 is 0.494. The summed E-state index contributed by atoms with van der Waals surface area (Å²) in [5, 5.41) is 10.8. The van der Waals surface area contributed by atoms with Crippen LogP contribution < -0.4 is 0 Å². The highest BCUT2D eigenvalue weighted by atomic mass is 79.9. The summed E-state index contributed by atoms with van der Waals surface area (Å²) in [6, 6.07) is 5.14. The van der Waals surface area contributed by atoms with Gasteiger partial charge in [-0.15, -0.1) is 0 Å². The van der Waals surface area contributed by atoms with Crippen LogP contribution in [0.5, 0.6) is 0 Å². The van der Waals surface area contributed by atoms with Gasteiger partial charge in [-0.25, -0.2) is 0 Å². The van der Waals surface area contributed by atoms with Crippen LogP contribution in [-0.4, -0.2) is 23.9 Å². The molecule has 0 atom stereocenters. The lowest BCUT2D eigenvalue weighted by Gasteiger charge is -2.04. The molecule has 0 aromatic heterocycles. The molecule has 0 saturated carbocycles. The molecule has 1 rings (SSSR count). The first-order valence-electron chi connectivity index (χ1n) is 4.30. The van der Waals surface area contributed by atoms with Crippen molar-refractivity contribution in [3.63, 3.8) is 0 Å². The van der Waals surface area contributed by atoms with Crippen molar-refractivity contribution in [3.8, 4) is 0 Å². The normalized spacial score (nSPS) is 10.6. The molecule has 0 amide bonds. The summed E-state index contributed by atoms with van der Waals surface area (Å²) in [5.74, 6) is 0. The molecule has 15 heavy (non-hydrogen) atoms. The molecule has 0 aliphatic heterocycles. The summed E-state index contributed by atoms with van der Waals surface area (Å²) in [7, 11) is 3.72. The summed E-state index contributed by atoms with van der Waals surface area (Å²) in [5.41, 5.74) is 0.679. The molecule has 1 aromatic rings. The Morgan fingerprint density at radius 1 is 1.47 bits per heavy atom. The van der Waals surface area contributed by atoms with Gasteiger partial charge >= 0.3 is 0 Å². The van der Waals surface area contributed by atoms with Crippen molar-refractivity contribution in [2.45, 2.75) is 0 Å². The molecule has 0 aliphatic rings. The van der Waals surface area contributed by atoms with Crippen LogP contribution in [0.3, 0.4) is 0 Å². The van der Waals surface area contributed by atoms with E-state index in [0.717, 1.165) is 0 Å². The van der Waals surface area contributed by atoms with Gasteiger partial charge in [0.25, 0.3) is 5.69 Å². The van der Waals surface area contributed by atoms with Gasteiger partial charge in [0.05, 0.1) is 15.0 Å². The van der Waals surface area contributed by atoms with Crippen molar-refractivity contribution in [2.75, 3.05) is 14.1 Å². The number of rotatable bonds is 3. The largest absolute Gasteiger partial charge is 0.383 e. The van der Waals surface area contributed by atoms with E-state index in [4.69, 9.17) is 0 Å². The van der Waals surface area contributed by atoms with E-state index in [1.54, 1.807) is 30.5 Å². The fraction of sp³-hybridized carbons (Fsp3) is 0.200. The second-order valence-electron chi connectivity index (χ2n) is 3.21. The van der Waals surface area contributed by atoms with Gasteiger partial charge in [-0.1, -0.05) is 6.07 Å². The number of hydrogen-bond acceptors (Lipinski definition) is 3. The lowest BCUT2D eigenvalue weighted by Crippen LogP contribution is -2.00. The topological polar surface area (TPSA) is 46.4 Å². The molecule has 4 nitrogen and oxygen atoms in total. The van der Waals surface area contributed by atoms with Gasteiger partial charge in [0.15, 0.2) is 0 Å². The maximum atomic E-state index is 10.8. The van der Waals surface area contributed by atoms with Crippen molar-refractivity contribution in [1.82, 2.24) is 4.90 Å². The third kappa shape index (κ3) is 3.06. The van der Waals surface area contributed by atoms with E-state index in [1.807, 2.05) is 19.0 Å². The lowest BCUT2D eigenvalue weighted by atomic mass is 10.2. The van der Waals surface area contributed by atoms with Crippen molar-refractivity contribution in [2.24, 2.45) is 0 Å². The Labute approximate surface area is 96.5 Å². The van der Waals surface area contributed by atoms with Crippen LogP contribution in [0.2, 0.25) is 0 Å². The predicted octanol–water partition coefficient (Wildman–Crippen LogP) is 2.89. The molecule has 0 aliphatic carbocycles. The Kier molecular flexibility index (Phi) is 3.85. The first-order valence-corrected chi connectivity index (χ1v) is 5.09. The van der Waals surface area contributed by atoms with Gasteiger partial charge in [-0.2, -0.15) is 0 Å². The molecule has 5 heteroatoms. The molecular weight excluding hydrogens is 260 g/mol. The van der Waals surface area contributed by atoms with Crippen LogP contribution in [0.1, 0.15) is 5.56 Å². The highest BCUT2D eigenvalue weighted by Gasteiger charge is 2.15. The molecule has 0 spiro atoms. The van der Waals surface area contributed by atoms with Crippen LogP contribution in [-0.2, 0) is 0 Å². The van der Waals surface area contributed by atoms with Crippen molar-refractivity contribution < 1.29 is 4.92 Å². The molecule has 80 valence electrons. The van der Waals surface area contributed by atoms with Crippen LogP contribution in [0.25, 0.3) is 6.08 Å². The van der Waals surface area contributed by atoms with Gasteiger partial charge in [-0.3, -0.25) is 10.1 Å². The quantitative estimate of drug-likeness (QED) is 0.627. The number of para-hydroxylation sites is 1. The monoisotopic (exact) mass is 270 g/mol. The van der Waals surface area contributed by atoms with Crippen LogP contribution >= 0.6 is 15.9 Å². The van der Waals surface area contributed by atoms with Crippen molar-refractivity contribution >= 4 is 27.7 Å². The maximum absolute atomic E-state index is 10.8. The molecule has 0 heterocycles. The Balaban J connectivity index is 3.17. The maximum Gasteiger partial charge on any atom is 0.290 e. The van der Waals surface area contributed by atoms with E-state index in [0.29, 0.717) is 10.0 Å². The molecule has 0 fully saturated rings. The van der Waals surface area contributed by atoms with Gasteiger partial charge in [-0.05, 0) is 40.3 Å². The Morgan fingerprint density at radius 2 is 2.13 bits per heavy atom. The first-order chi connectivity index (χ1) is 7.02. The number of benzene rings is 1. The third-order valence-electron chi connectivity index (χ3n) is 1.75. The van der Waals surface area contributed by atoms with E-state index in [2.05, 4.69) is 15.9 Å². The zero-order valence-electron chi connectivity index (χ0n) is 8.48. The van der Waals surface area contributed by atoms with E-state index >= 15 is 0 Å². The Hall–Kier alpha value is -1.36. The molecular formula is C10H11BrN2O2. The average Bonchev–Trinajstić information content (AvgIpc) is 2.13. The van der Waals surface area contributed by atoms with E-state index in [9.17, 15) is 10.1 Å². The Bertz CT molecular complexity index is 402. The fourth-order valence-corrected chi connectivity index (χ4v) is 1.61. The number of nitrogens with zero attached hydrogens (tertiary/aromatic N) is 2. The average molecular weight is 271 g/mol. The molecule has 0 saturated heterocycles. The minimum Gasteiger partial charge on any atom is -0.383 e. The predicted molar refractivity (Wildman–Crippen MR) is 63.5 cm³/mol. The first kappa shape index (κ1) is 11.7. The zero-order valence-corrected chi connectivity index (χ0v) is 10.1. The summed E-state index contributed by atoms with van der Waals surface area (Å²) in [4.78, 5) is 12.2. The smallest absolute Gasteiger partial charge is 0.290 e. The molecule has 0 bridgehead atoms. The van der Waals surface area contributed by atoms with Gasteiger partial charge in [0.1, 0.15) is 0 Å². The second-order valence-corrected chi connectivity index (χ2v) is 4.07. The summed E-state index contributed by atoms with van der Waals surface area (Å²) >= 11 is 3.17.